The van der Waals surface area contributed by atoms with Crippen molar-refractivity contribution in [2.24, 2.45) is 0 Å². The summed E-state index contributed by atoms with van der Waals surface area (Å²) in [7, 11) is 0. The third kappa shape index (κ3) is 2.81. The molecule has 0 aliphatic rings. The van der Waals surface area contributed by atoms with Crippen LogP contribution in [0.4, 0.5) is 0 Å². The third-order valence-electron chi connectivity index (χ3n) is 2.33. The van der Waals surface area contributed by atoms with Gasteiger partial charge in [-0.25, -0.2) is 0 Å². The first-order valence-electron chi connectivity index (χ1n) is 4.90. The van der Waals surface area contributed by atoms with Crippen LogP contribution in [0.2, 0.25) is 5.02 Å². The van der Waals surface area contributed by atoms with E-state index in [-0.39, 0.29) is 5.75 Å². The van der Waals surface area contributed by atoms with Crippen LogP contribution < -0.4 is 5.56 Å². The molecular formula is C12H9ClINO2. The van der Waals surface area contributed by atoms with Gasteiger partial charge in [0, 0.05) is 11.2 Å². The van der Waals surface area contributed by atoms with Gasteiger partial charge in [0.1, 0.15) is 0 Å². The summed E-state index contributed by atoms with van der Waals surface area (Å²) in [6, 6.07) is 8.98. The highest BCUT2D eigenvalue weighted by molar-refractivity contribution is 14.1. The minimum Gasteiger partial charge on any atom is -0.502 e. The fourth-order valence-electron chi connectivity index (χ4n) is 1.50. The average molecular weight is 362 g/mol. The van der Waals surface area contributed by atoms with E-state index >= 15 is 0 Å². The van der Waals surface area contributed by atoms with Gasteiger partial charge < -0.3 is 9.67 Å². The lowest BCUT2D eigenvalue weighted by Gasteiger charge is -2.07. The summed E-state index contributed by atoms with van der Waals surface area (Å²) in [5.74, 6) is -0.213. The number of hydrogen-bond acceptors (Lipinski definition) is 2. The first kappa shape index (κ1) is 12.4. The van der Waals surface area contributed by atoms with Crippen LogP contribution in [0, 0.1) is 3.57 Å². The van der Waals surface area contributed by atoms with Gasteiger partial charge in [0.15, 0.2) is 5.75 Å². The van der Waals surface area contributed by atoms with Crippen molar-refractivity contribution in [3.63, 3.8) is 0 Å². The van der Waals surface area contributed by atoms with Crippen LogP contribution in [0.15, 0.2) is 41.3 Å². The quantitative estimate of drug-likeness (QED) is 0.836. The minimum absolute atomic E-state index is 0.213. The van der Waals surface area contributed by atoms with Gasteiger partial charge in [-0.05, 0) is 46.4 Å². The van der Waals surface area contributed by atoms with Crippen molar-refractivity contribution in [1.82, 2.24) is 4.57 Å². The van der Waals surface area contributed by atoms with Crippen molar-refractivity contribution in [1.29, 1.82) is 0 Å². The molecule has 2 rings (SSSR count). The van der Waals surface area contributed by atoms with Crippen LogP contribution in [-0.4, -0.2) is 9.67 Å². The molecule has 0 radical (unpaired) electrons. The summed E-state index contributed by atoms with van der Waals surface area (Å²) in [6.07, 6.45) is 1.66. The highest BCUT2D eigenvalue weighted by Crippen LogP contribution is 2.15. The summed E-state index contributed by atoms with van der Waals surface area (Å²) < 4.78 is 2.00. The first-order valence-corrected chi connectivity index (χ1v) is 6.36. The van der Waals surface area contributed by atoms with Crippen molar-refractivity contribution in [2.75, 3.05) is 0 Å². The molecule has 0 amide bonds. The molecule has 17 heavy (non-hydrogen) atoms. The number of aromatic nitrogens is 1. The summed E-state index contributed by atoms with van der Waals surface area (Å²) in [5.41, 5.74) is 0.525. The molecule has 88 valence electrons. The number of benzene rings is 1. The lowest BCUT2D eigenvalue weighted by atomic mass is 10.2. The Morgan fingerprint density at radius 2 is 2.12 bits per heavy atom. The second-order valence-corrected chi connectivity index (χ2v) is 5.17. The smallest absolute Gasteiger partial charge is 0.294 e. The monoisotopic (exact) mass is 361 g/mol. The Kier molecular flexibility index (Phi) is 3.73. The molecule has 0 saturated carbocycles. The Labute approximate surface area is 117 Å². The molecule has 0 fully saturated rings. The molecule has 1 aromatic carbocycles. The van der Waals surface area contributed by atoms with E-state index in [2.05, 4.69) is 0 Å². The van der Waals surface area contributed by atoms with E-state index in [1.54, 1.807) is 24.4 Å². The zero-order valence-electron chi connectivity index (χ0n) is 8.73. The van der Waals surface area contributed by atoms with Crippen molar-refractivity contribution < 1.29 is 5.11 Å². The fraction of sp³-hybridized carbons (Fsp3) is 0.0833. The fourth-order valence-corrected chi connectivity index (χ4v) is 2.10. The van der Waals surface area contributed by atoms with E-state index in [1.807, 2.05) is 34.7 Å². The molecule has 1 heterocycles. The highest BCUT2D eigenvalue weighted by atomic mass is 127. The van der Waals surface area contributed by atoms with Crippen LogP contribution in [0.5, 0.6) is 5.75 Å². The molecule has 2 aromatic rings. The van der Waals surface area contributed by atoms with Gasteiger partial charge in [0.05, 0.1) is 10.1 Å². The van der Waals surface area contributed by atoms with Gasteiger partial charge >= 0.3 is 0 Å². The first-order chi connectivity index (χ1) is 8.08. The van der Waals surface area contributed by atoms with Crippen molar-refractivity contribution in [3.05, 3.63) is 61.0 Å². The second-order valence-electron chi connectivity index (χ2n) is 3.58. The molecule has 0 atom stereocenters. The lowest BCUT2D eigenvalue weighted by molar-refractivity contribution is 0.455. The van der Waals surface area contributed by atoms with Crippen molar-refractivity contribution >= 4 is 34.2 Å². The van der Waals surface area contributed by atoms with E-state index in [9.17, 15) is 9.90 Å². The van der Waals surface area contributed by atoms with Gasteiger partial charge in [0.25, 0.3) is 5.56 Å². The Hall–Kier alpha value is -1.01. The number of nitrogens with zero attached hydrogens (tertiary/aromatic N) is 1. The molecule has 3 nitrogen and oxygen atoms in total. The molecule has 0 aliphatic carbocycles. The van der Waals surface area contributed by atoms with Crippen LogP contribution in [0.1, 0.15) is 5.56 Å². The standard InChI is InChI=1S/C12H9ClINO2/c13-9-3-1-2-8(6-9)7-15-5-4-10(14)11(16)12(15)17/h1-6,16H,7H2. The van der Waals surface area contributed by atoms with Crippen molar-refractivity contribution in [3.8, 4) is 5.75 Å². The van der Waals surface area contributed by atoms with Crippen LogP contribution in [0.25, 0.3) is 0 Å². The molecule has 1 aromatic heterocycles. The van der Waals surface area contributed by atoms with E-state index in [1.165, 1.54) is 4.57 Å². The lowest BCUT2D eigenvalue weighted by Crippen LogP contribution is -2.20. The number of hydrogen-bond donors (Lipinski definition) is 1. The zero-order chi connectivity index (χ0) is 12.4. The minimum atomic E-state index is -0.392. The Balaban J connectivity index is 2.37. The summed E-state index contributed by atoms with van der Waals surface area (Å²) in [4.78, 5) is 11.8. The maximum Gasteiger partial charge on any atom is 0.294 e. The molecule has 0 aliphatic heterocycles. The molecule has 0 bridgehead atoms. The molecule has 1 N–H and O–H groups in total. The number of aromatic hydroxyl groups is 1. The van der Waals surface area contributed by atoms with Gasteiger partial charge in [-0.2, -0.15) is 0 Å². The van der Waals surface area contributed by atoms with E-state index < -0.39 is 5.56 Å². The Morgan fingerprint density at radius 3 is 2.82 bits per heavy atom. The zero-order valence-corrected chi connectivity index (χ0v) is 11.6. The SMILES string of the molecule is O=c1c(O)c(I)ccn1Cc1cccc(Cl)c1. The maximum absolute atomic E-state index is 11.8. The summed E-state index contributed by atoms with van der Waals surface area (Å²) >= 11 is 7.79. The second kappa shape index (κ2) is 5.10. The summed E-state index contributed by atoms with van der Waals surface area (Å²) in [6.45, 7) is 0.393. The normalized spacial score (nSPS) is 10.5. The molecule has 0 spiro atoms. The highest BCUT2D eigenvalue weighted by Gasteiger charge is 2.06. The molecule has 0 unspecified atom stereocenters. The average Bonchev–Trinajstić information content (AvgIpc) is 2.30. The van der Waals surface area contributed by atoms with Gasteiger partial charge in [0.2, 0.25) is 0 Å². The third-order valence-corrected chi connectivity index (χ3v) is 3.44. The van der Waals surface area contributed by atoms with Crippen LogP contribution in [-0.2, 0) is 6.54 Å². The Morgan fingerprint density at radius 1 is 1.35 bits per heavy atom. The van der Waals surface area contributed by atoms with Crippen LogP contribution >= 0.6 is 34.2 Å². The number of halogens is 2. The van der Waals surface area contributed by atoms with Crippen molar-refractivity contribution in [2.45, 2.75) is 6.54 Å². The predicted octanol–water partition coefficient (Wildman–Crippen LogP) is 2.86. The van der Waals surface area contributed by atoms with E-state index in [4.69, 9.17) is 11.6 Å². The number of rotatable bonds is 2. The number of pyridine rings is 1. The molecule has 0 saturated heterocycles. The van der Waals surface area contributed by atoms with Gasteiger partial charge in [-0.1, -0.05) is 23.7 Å². The van der Waals surface area contributed by atoms with Gasteiger partial charge in [-0.15, -0.1) is 0 Å². The van der Waals surface area contributed by atoms with Crippen LogP contribution in [0.3, 0.4) is 0 Å². The van der Waals surface area contributed by atoms with Gasteiger partial charge in [-0.3, -0.25) is 4.79 Å². The molecule has 5 heteroatoms. The topological polar surface area (TPSA) is 42.2 Å². The predicted molar refractivity (Wildman–Crippen MR) is 75.6 cm³/mol. The Bertz CT molecular complexity index is 610. The maximum atomic E-state index is 11.8. The van der Waals surface area contributed by atoms with E-state index in [0.717, 1.165) is 5.56 Å². The molecular weight excluding hydrogens is 352 g/mol. The summed E-state index contributed by atoms with van der Waals surface area (Å²) in [5, 5.41) is 10.2. The largest absolute Gasteiger partial charge is 0.502 e. The van der Waals surface area contributed by atoms with E-state index in [0.29, 0.717) is 15.1 Å².